The lowest BCUT2D eigenvalue weighted by molar-refractivity contribution is 0.420. The molecular formula is C9H16N2. The van der Waals surface area contributed by atoms with Crippen LogP contribution in [0.5, 0.6) is 0 Å². The topological polar surface area (TPSA) is 24.7 Å². The number of fused-ring (bicyclic) bond motifs is 2. The monoisotopic (exact) mass is 153 g/mol. The van der Waals surface area contributed by atoms with E-state index < -0.39 is 0 Å². The van der Waals surface area contributed by atoms with Gasteiger partial charge in [-0.15, -0.1) is 0 Å². The second kappa shape index (κ2) is 2.05. The summed E-state index contributed by atoms with van der Waals surface area (Å²) in [5, 5.41) is 8.63. The number of rotatable bonds is 2. The molecule has 2 rings (SSSR count). The van der Waals surface area contributed by atoms with Crippen molar-refractivity contribution in [1.82, 2.24) is 0 Å². The van der Waals surface area contributed by atoms with Crippen LogP contribution in [0.4, 0.5) is 0 Å². The molecule has 2 atom stereocenters. The van der Waals surface area contributed by atoms with Crippen LogP contribution < -0.4 is 0 Å². The highest BCUT2D eigenvalue weighted by atomic mass is 15.3. The third-order valence-electron chi connectivity index (χ3n) is 3.20. The Morgan fingerprint density at radius 2 is 1.64 bits per heavy atom. The predicted octanol–water partition coefficient (Wildman–Crippen LogP) is 2.93. The maximum Gasteiger partial charge on any atom is 0.0838 e. The third-order valence-corrected chi connectivity index (χ3v) is 3.20. The molecule has 62 valence electrons. The van der Waals surface area contributed by atoms with Crippen molar-refractivity contribution in [3.63, 3.8) is 0 Å². The van der Waals surface area contributed by atoms with Gasteiger partial charge < -0.3 is 0 Å². The third kappa shape index (κ3) is 0.846. The van der Waals surface area contributed by atoms with Gasteiger partial charge in [0.15, 0.2) is 0 Å². The molecule has 1 heterocycles. The predicted molar refractivity (Wildman–Crippen MR) is 44.8 cm³/mol. The summed E-state index contributed by atoms with van der Waals surface area (Å²) in [5.41, 5.74) is -0.202. The van der Waals surface area contributed by atoms with Gasteiger partial charge in [-0.3, -0.25) is 0 Å². The van der Waals surface area contributed by atoms with Gasteiger partial charge in [0, 0.05) is 7.77 Å². The average molecular weight is 153 g/mol. The van der Waals surface area contributed by atoms with Gasteiger partial charge in [-0.2, -0.15) is 10.2 Å². The first-order chi connectivity index (χ1) is 5.69. The Labute approximate surface area is 69.5 Å². The van der Waals surface area contributed by atoms with E-state index in [1.165, 1.54) is 0 Å². The molecule has 2 nitrogen and oxygen atoms in total. The molecule has 11 heavy (non-hydrogen) atoms. The summed E-state index contributed by atoms with van der Waals surface area (Å²) >= 11 is 0. The van der Waals surface area contributed by atoms with Crippen molar-refractivity contribution in [2.45, 2.75) is 57.0 Å². The van der Waals surface area contributed by atoms with Gasteiger partial charge in [0.1, 0.15) is 0 Å². The summed E-state index contributed by atoms with van der Waals surface area (Å²) < 4.78 is 8.12. The number of nitrogens with zero attached hydrogens (tertiary/aromatic N) is 2. The zero-order valence-corrected chi connectivity index (χ0v) is 7.30. The van der Waals surface area contributed by atoms with Crippen LogP contribution in [0.3, 0.4) is 0 Å². The van der Waals surface area contributed by atoms with E-state index in [2.05, 4.69) is 24.1 Å². The molecule has 2 heteroatoms. The summed E-state index contributed by atoms with van der Waals surface area (Å²) in [5.74, 6) is 0. The quantitative estimate of drug-likeness (QED) is 0.582. The highest BCUT2D eigenvalue weighted by Crippen LogP contribution is 2.51. The first-order valence-corrected chi connectivity index (χ1v) is 4.55. The van der Waals surface area contributed by atoms with Crippen LogP contribution in [-0.2, 0) is 0 Å². The molecule has 0 spiro atoms. The van der Waals surface area contributed by atoms with E-state index in [4.69, 9.17) is 1.37 Å². The Morgan fingerprint density at radius 1 is 1.18 bits per heavy atom. The molecule has 1 aliphatic carbocycles. The van der Waals surface area contributed by atoms with Gasteiger partial charge in [0.25, 0.3) is 0 Å². The van der Waals surface area contributed by atoms with E-state index >= 15 is 0 Å². The van der Waals surface area contributed by atoms with Crippen molar-refractivity contribution in [3.05, 3.63) is 0 Å². The summed E-state index contributed by atoms with van der Waals surface area (Å²) in [6, 6.07) is 0. The molecule has 0 aromatic rings. The molecule has 2 aliphatic rings. The molecule has 1 aliphatic heterocycles. The van der Waals surface area contributed by atoms with E-state index in [1.807, 2.05) is 0 Å². The van der Waals surface area contributed by atoms with E-state index in [9.17, 15) is 0 Å². The van der Waals surface area contributed by atoms with Gasteiger partial charge in [-0.1, -0.05) is 13.8 Å². The Balaban J connectivity index is 2.34. The fourth-order valence-electron chi connectivity index (χ4n) is 2.13. The zero-order chi connectivity index (χ0) is 8.82. The summed E-state index contributed by atoms with van der Waals surface area (Å²) in [7, 11) is 0. The van der Waals surface area contributed by atoms with Crippen LogP contribution in [0.2, 0.25) is 0 Å². The van der Waals surface area contributed by atoms with Gasteiger partial charge in [-0.25, -0.2) is 0 Å². The van der Waals surface area contributed by atoms with Crippen LogP contribution in [0.1, 0.15) is 47.3 Å². The van der Waals surface area contributed by atoms with Gasteiger partial charge in [0.05, 0.1) is 11.1 Å². The van der Waals surface area contributed by atoms with Gasteiger partial charge in [-0.05, 0) is 25.7 Å². The number of azo groups is 1. The lowest BCUT2D eigenvalue weighted by atomic mass is 9.91. The maximum absolute atomic E-state index is 8.12. The fraction of sp³-hybridized carbons (Fsp3) is 1.00. The van der Waals surface area contributed by atoms with Gasteiger partial charge >= 0.3 is 0 Å². The molecular weight excluding hydrogens is 136 g/mol. The van der Waals surface area contributed by atoms with Crippen LogP contribution in [0.25, 0.3) is 0 Å². The zero-order valence-electron chi connectivity index (χ0n) is 8.30. The first-order valence-electron chi connectivity index (χ1n) is 5.13. The molecule has 1 saturated carbocycles. The summed E-state index contributed by atoms with van der Waals surface area (Å²) in [6.45, 7) is 4.25. The minimum absolute atomic E-state index is 0.0694. The highest BCUT2D eigenvalue weighted by molar-refractivity contribution is 5.10. The molecule has 0 aromatic heterocycles. The van der Waals surface area contributed by atoms with Crippen molar-refractivity contribution >= 4 is 0 Å². The first kappa shape index (κ1) is 6.15. The average Bonchev–Trinajstić information content (AvgIpc) is 2.57. The molecule has 0 aromatic carbocycles. The smallest absolute Gasteiger partial charge is 0.0838 e. The maximum atomic E-state index is 8.12. The molecule has 2 unspecified atom stereocenters. The SMILES string of the molecule is [2H]C1C2(CC)CCC1(CC)N=N2. The molecule has 0 saturated heterocycles. The lowest BCUT2D eigenvalue weighted by Crippen LogP contribution is -2.20. The normalized spacial score (nSPS) is 55.1. The van der Waals surface area contributed by atoms with Crippen molar-refractivity contribution in [3.8, 4) is 0 Å². The van der Waals surface area contributed by atoms with E-state index in [-0.39, 0.29) is 17.5 Å². The lowest BCUT2D eigenvalue weighted by Gasteiger charge is -2.17. The molecule has 0 N–H and O–H groups in total. The Bertz CT molecular complexity index is 207. The molecule has 2 bridgehead atoms. The van der Waals surface area contributed by atoms with Crippen molar-refractivity contribution < 1.29 is 1.37 Å². The van der Waals surface area contributed by atoms with Crippen molar-refractivity contribution in [2.75, 3.05) is 0 Å². The Kier molecular flexibility index (Phi) is 1.15. The Morgan fingerprint density at radius 3 is 1.82 bits per heavy atom. The van der Waals surface area contributed by atoms with Crippen LogP contribution in [0.15, 0.2) is 10.2 Å². The van der Waals surface area contributed by atoms with E-state index in [0.29, 0.717) is 0 Å². The number of hydrogen-bond donors (Lipinski definition) is 0. The molecule has 0 radical (unpaired) electrons. The van der Waals surface area contributed by atoms with Crippen molar-refractivity contribution in [2.24, 2.45) is 10.2 Å². The molecule has 0 amide bonds. The Hall–Kier alpha value is -0.400. The molecule has 1 fully saturated rings. The van der Waals surface area contributed by atoms with Crippen LogP contribution in [0, 0.1) is 0 Å². The van der Waals surface area contributed by atoms with E-state index in [0.717, 1.165) is 25.7 Å². The van der Waals surface area contributed by atoms with Crippen molar-refractivity contribution in [1.29, 1.82) is 0 Å². The largest absolute Gasteiger partial charge is 0.187 e. The minimum atomic E-state index is -0.101. The standard InChI is InChI=1S/C9H16N2/c1-3-8-5-6-9(4-2,7-8)11-10-8/h3-7H2,1-2H3/i7D. The van der Waals surface area contributed by atoms with Crippen LogP contribution in [-0.4, -0.2) is 11.1 Å². The van der Waals surface area contributed by atoms with E-state index in [1.54, 1.807) is 0 Å². The van der Waals surface area contributed by atoms with Crippen LogP contribution >= 0.6 is 0 Å². The fourth-order valence-corrected chi connectivity index (χ4v) is 2.13. The summed E-state index contributed by atoms with van der Waals surface area (Å²) in [4.78, 5) is 0. The second-order valence-corrected chi connectivity index (χ2v) is 3.76. The number of hydrogen-bond acceptors (Lipinski definition) is 2. The second-order valence-electron chi connectivity index (χ2n) is 3.76. The minimum Gasteiger partial charge on any atom is -0.187 e. The highest BCUT2D eigenvalue weighted by Gasteiger charge is 2.51. The summed E-state index contributed by atoms with van der Waals surface area (Å²) in [6.07, 6.45) is 4.04. The van der Waals surface area contributed by atoms with Gasteiger partial charge in [0.2, 0.25) is 0 Å².